The number of ether oxygens (including phenoxy) is 1. The maximum Gasteiger partial charge on any atom is 0.434 e. The molecule has 0 amide bonds. The Morgan fingerprint density at radius 1 is 1.21 bits per heavy atom. The first-order chi connectivity index (χ1) is 15.5. The SMILES string of the molecule is COc1c(S(=O)(=O)NC(c2n[nH]c(=O)o2)C(C)c2cccc(C)c2C)ccc(Cl)c1C(C)O. The van der Waals surface area contributed by atoms with Crippen molar-refractivity contribution in [3.8, 4) is 5.75 Å². The molecule has 0 spiro atoms. The number of rotatable bonds is 8. The van der Waals surface area contributed by atoms with E-state index in [4.69, 9.17) is 20.8 Å². The highest BCUT2D eigenvalue weighted by atomic mass is 35.5. The molecule has 0 aliphatic carbocycles. The number of halogens is 1. The van der Waals surface area contributed by atoms with Crippen LogP contribution in [0.4, 0.5) is 0 Å². The van der Waals surface area contributed by atoms with Gasteiger partial charge in [0.1, 0.15) is 16.7 Å². The van der Waals surface area contributed by atoms with Crippen LogP contribution in [-0.2, 0) is 10.0 Å². The van der Waals surface area contributed by atoms with E-state index in [9.17, 15) is 18.3 Å². The monoisotopic (exact) mass is 495 g/mol. The van der Waals surface area contributed by atoms with Crippen molar-refractivity contribution in [2.75, 3.05) is 7.11 Å². The maximum absolute atomic E-state index is 13.5. The van der Waals surface area contributed by atoms with E-state index >= 15 is 0 Å². The first kappa shape index (κ1) is 25.0. The Bertz CT molecular complexity index is 1320. The fourth-order valence-electron chi connectivity index (χ4n) is 3.78. The number of methoxy groups -OCH3 is 1. The number of hydrogen-bond donors (Lipinski definition) is 3. The normalized spacial score (nSPS) is 14.6. The van der Waals surface area contributed by atoms with Gasteiger partial charge in [-0.15, -0.1) is 5.10 Å². The molecule has 0 radical (unpaired) electrons. The fourth-order valence-corrected chi connectivity index (χ4v) is 5.54. The van der Waals surface area contributed by atoms with E-state index in [1.54, 1.807) is 0 Å². The van der Waals surface area contributed by atoms with Gasteiger partial charge in [-0.2, -0.15) is 4.72 Å². The van der Waals surface area contributed by atoms with Crippen LogP contribution >= 0.6 is 11.6 Å². The number of hydrogen-bond acceptors (Lipinski definition) is 7. The van der Waals surface area contributed by atoms with Gasteiger partial charge < -0.3 is 14.3 Å². The van der Waals surface area contributed by atoms with Crippen LogP contribution in [-0.4, -0.2) is 30.8 Å². The Balaban J connectivity index is 2.13. The van der Waals surface area contributed by atoms with Crippen molar-refractivity contribution in [1.29, 1.82) is 0 Å². The lowest BCUT2D eigenvalue weighted by Crippen LogP contribution is -2.33. The van der Waals surface area contributed by atoms with Gasteiger partial charge in [-0.3, -0.25) is 0 Å². The van der Waals surface area contributed by atoms with Gasteiger partial charge in [0.2, 0.25) is 15.9 Å². The number of sulfonamides is 1. The molecule has 3 rings (SSSR count). The van der Waals surface area contributed by atoms with Crippen molar-refractivity contribution in [2.24, 2.45) is 0 Å². The van der Waals surface area contributed by atoms with Crippen LogP contribution in [0, 0.1) is 13.8 Å². The number of aromatic amines is 1. The average Bonchev–Trinajstić information content (AvgIpc) is 3.18. The second-order valence-corrected chi connectivity index (χ2v) is 9.89. The van der Waals surface area contributed by atoms with Crippen molar-refractivity contribution in [2.45, 2.75) is 50.7 Å². The van der Waals surface area contributed by atoms with E-state index in [1.807, 2.05) is 39.0 Å². The number of nitrogens with one attached hydrogen (secondary N) is 2. The third-order valence-corrected chi connectivity index (χ3v) is 7.45. The summed E-state index contributed by atoms with van der Waals surface area (Å²) in [5.41, 5.74) is 3.02. The molecule has 1 aromatic heterocycles. The lowest BCUT2D eigenvalue weighted by atomic mass is 9.88. The molecule has 0 aliphatic rings. The van der Waals surface area contributed by atoms with E-state index in [0.717, 1.165) is 16.7 Å². The van der Waals surface area contributed by atoms with Crippen LogP contribution in [0.15, 0.2) is 44.4 Å². The topological polar surface area (TPSA) is 135 Å². The largest absolute Gasteiger partial charge is 0.495 e. The van der Waals surface area contributed by atoms with E-state index in [-0.39, 0.29) is 27.1 Å². The Morgan fingerprint density at radius 3 is 2.48 bits per heavy atom. The van der Waals surface area contributed by atoms with Crippen LogP contribution in [0.1, 0.15) is 60.1 Å². The van der Waals surface area contributed by atoms with Gasteiger partial charge in [0.05, 0.1) is 18.2 Å². The first-order valence-corrected chi connectivity index (χ1v) is 12.0. The van der Waals surface area contributed by atoms with E-state index in [2.05, 4.69) is 14.9 Å². The quantitative estimate of drug-likeness (QED) is 0.435. The van der Waals surface area contributed by atoms with Gasteiger partial charge in [-0.05, 0) is 49.6 Å². The third kappa shape index (κ3) is 4.98. The molecule has 0 bridgehead atoms. The van der Waals surface area contributed by atoms with Gasteiger partial charge in [-0.1, -0.05) is 36.7 Å². The van der Waals surface area contributed by atoms with Gasteiger partial charge in [0.25, 0.3) is 0 Å². The fraction of sp³-hybridized carbons (Fsp3) is 0.364. The lowest BCUT2D eigenvalue weighted by molar-refractivity contribution is 0.193. The number of aliphatic hydroxyl groups excluding tert-OH is 1. The highest BCUT2D eigenvalue weighted by Crippen LogP contribution is 2.39. The number of aromatic nitrogens is 2. The Morgan fingerprint density at radius 2 is 1.91 bits per heavy atom. The maximum atomic E-state index is 13.5. The molecule has 3 N–H and O–H groups in total. The van der Waals surface area contributed by atoms with Crippen LogP contribution in [0.25, 0.3) is 0 Å². The highest BCUT2D eigenvalue weighted by molar-refractivity contribution is 7.89. The molecule has 9 nitrogen and oxygen atoms in total. The summed E-state index contributed by atoms with van der Waals surface area (Å²) in [5, 5.41) is 16.3. The van der Waals surface area contributed by atoms with Crippen molar-refractivity contribution in [3.63, 3.8) is 0 Å². The molecule has 2 aromatic carbocycles. The van der Waals surface area contributed by atoms with E-state index < -0.39 is 33.8 Å². The molecule has 3 aromatic rings. The first-order valence-electron chi connectivity index (χ1n) is 10.2. The number of H-pyrrole nitrogens is 1. The summed E-state index contributed by atoms with van der Waals surface area (Å²) >= 11 is 6.17. The van der Waals surface area contributed by atoms with Crippen molar-refractivity contribution in [1.82, 2.24) is 14.9 Å². The molecule has 0 aliphatic heterocycles. The molecule has 3 atom stereocenters. The number of nitrogens with zero attached hydrogens (tertiary/aromatic N) is 1. The third-order valence-electron chi connectivity index (χ3n) is 5.66. The smallest absolute Gasteiger partial charge is 0.434 e. The zero-order chi connectivity index (χ0) is 24.5. The summed E-state index contributed by atoms with van der Waals surface area (Å²) in [6, 6.07) is 7.35. The molecule has 178 valence electrons. The van der Waals surface area contributed by atoms with E-state index in [1.165, 1.54) is 26.2 Å². The predicted octanol–water partition coefficient (Wildman–Crippen LogP) is 3.52. The average molecular weight is 496 g/mol. The molecule has 33 heavy (non-hydrogen) atoms. The predicted molar refractivity (Wildman–Crippen MR) is 123 cm³/mol. The summed E-state index contributed by atoms with van der Waals surface area (Å²) in [7, 11) is -2.96. The van der Waals surface area contributed by atoms with Crippen molar-refractivity contribution in [3.05, 3.63) is 74.0 Å². The summed E-state index contributed by atoms with van der Waals surface area (Å²) < 4.78 is 40.1. The molecule has 0 saturated carbocycles. The Hall–Kier alpha value is -2.66. The minimum atomic E-state index is -4.25. The van der Waals surface area contributed by atoms with Crippen LogP contribution in [0.3, 0.4) is 0 Å². The second kappa shape index (κ2) is 9.68. The van der Waals surface area contributed by atoms with Gasteiger partial charge in [-0.25, -0.2) is 18.3 Å². The summed E-state index contributed by atoms with van der Waals surface area (Å²) in [4.78, 5) is 11.4. The zero-order valence-electron chi connectivity index (χ0n) is 18.8. The zero-order valence-corrected chi connectivity index (χ0v) is 20.4. The van der Waals surface area contributed by atoms with Gasteiger partial charge in [0.15, 0.2) is 0 Å². The van der Waals surface area contributed by atoms with Crippen molar-refractivity contribution >= 4 is 21.6 Å². The Kier molecular flexibility index (Phi) is 7.32. The summed E-state index contributed by atoms with van der Waals surface area (Å²) in [6.45, 7) is 7.15. The molecular weight excluding hydrogens is 470 g/mol. The minimum Gasteiger partial charge on any atom is -0.495 e. The van der Waals surface area contributed by atoms with Crippen LogP contribution < -0.4 is 15.2 Å². The van der Waals surface area contributed by atoms with Gasteiger partial charge in [0, 0.05) is 11.5 Å². The number of aliphatic hydroxyl groups is 1. The van der Waals surface area contributed by atoms with Crippen LogP contribution in [0.2, 0.25) is 5.02 Å². The number of aryl methyl sites for hydroxylation is 1. The van der Waals surface area contributed by atoms with E-state index in [0.29, 0.717) is 0 Å². The molecule has 0 saturated heterocycles. The van der Waals surface area contributed by atoms with Gasteiger partial charge >= 0.3 is 5.76 Å². The standard InChI is InChI=1S/C22H26ClN3O6S/c1-11-7-6-8-15(12(11)2)13(3)19(21-24-25-22(28)32-21)26-33(29,30)17-10-9-16(23)18(14(4)27)20(17)31-5/h6-10,13-14,19,26-27H,1-5H3,(H,25,28). The van der Waals surface area contributed by atoms with Crippen molar-refractivity contribution < 1.29 is 22.7 Å². The molecule has 0 fully saturated rings. The summed E-state index contributed by atoms with van der Waals surface area (Å²) in [5.74, 6) is -1.45. The highest BCUT2D eigenvalue weighted by Gasteiger charge is 2.34. The van der Waals surface area contributed by atoms with Crippen LogP contribution in [0.5, 0.6) is 5.75 Å². The summed E-state index contributed by atoms with van der Waals surface area (Å²) in [6.07, 6.45) is -1.07. The minimum absolute atomic E-state index is 0.0772. The Labute approximate surface area is 196 Å². The molecule has 3 unspecified atom stereocenters. The molecular formula is C22H26ClN3O6S. The lowest BCUT2D eigenvalue weighted by Gasteiger charge is -2.25. The molecule has 1 heterocycles. The molecule has 11 heteroatoms. The number of benzene rings is 2. The second-order valence-electron chi connectivity index (χ2n) is 7.80.